The van der Waals surface area contributed by atoms with Gasteiger partial charge in [0.2, 0.25) is 5.89 Å². The summed E-state index contributed by atoms with van der Waals surface area (Å²) in [5.74, 6) is 0.471. The molecule has 2 heterocycles. The number of hydrogen-bond donors (Lipinski definition) is 1. The lowest BCUT2D eigenvalue weighted by Gasteiger charge is -2.16. The first kappa shape index (κ1) is 16.2. The number of carboxylic acids is 1. The molecule has 0 aliphatic heterocycles. The van der Waals surface area contributed by atoms with E-state index in [2.05, 4.69) is 10.2 Å². The van der Waals surface area contributed by atoms with Crippen molar-refractivity contribution >= 4 is 29.7 Å². The maximum Gasteiger partial charge on any atom is 0.342 e. The highest BCUT2D eigenvalue weighted by molar-refractivity contribution is 8.03. The van der Waals surface area contributed by atoms with Gasteiger partial charge in [0.05, 0.1) is 0 Å². The Kier molecular flexibility index (Phi) is 5.26. The van der Waals surface area contributed by atoms with Gasteiger partial charge < -0.3 is 18.8 Å². The third kappa shape index (κ3) is 3.91. The molecule has 0 amide bonds. The van der Waals surface area contributed by atoms with Crippen LogP contribution in [-0.2, 0) is 4.79 Å². The molecule has 0 aromatic carbocycles. The van der Waals surface area contributed by atoms with E-state index in [0.717, 1.165) is 24.9 Å². The van der Waals surface area contributed by atoms with Crippen LogP contribution in [0.1, 0.15) is 25.5 Å². The summed E-state index contributed by atoms with van der Waals surface area (Å²) in [7, 11) is 0. The van der Waals surface area contributed by atoms with Gasteiger partial charge in [-0.25, -0.2) is 4.79 Å². The Bertz CT molecular complexity index is 673. The van der Waals surface area contributed by atoms with E-state index in [0.29, 0.717) is 17.5 Å². The topological polar surface area (TPSA) is 92.6 Å². The highest BCUT2D eigenvalue weighted by atomic mass is 32.2. The highest BCUT2D eigenvalue weighted by Gasteiger charge is 2.15. The van der Waals surface area contributed by atoms with Crippen molar-refractivity contribution in [3.05, 3.63) is 28.7 Å². The van der Waals surface area contributed by atoms with Crippen molar-refractivity contribution in [1.82, 2.24) is 10.2 Å². The minimum atomic E-state index is -1.08. The van der Waals surface area contributed by atoms with Crippen LogP contribution in [0.4, 0.5) is 5.88 Å². The summed E-state index contributed by atoms with van der Waals surface area (Å²) in [6.07, 6.45) is 1.44. The predicted molar refractivity (Wildman–Crippen MR) is 82.8 cm³/mol. The number of furan rings is 1. The summed E-state index contributed by atoms with van der Waals surface area (Å²) >= 11 is 0.889. The minimum absolute atomic E-state index is 0.0455. The quantitative estimate of drug-likeness (QED) is 0.614. The number of anilines is 1. The molecule has 1 N–H and O–H groups in total. The number of rotatable bonds is 7. The summed E-state index contributed by atoms with van der Waals surface area (Å²) in [5.41, 5.74) is 0. The lowest BCUT2D eigenvalue weighted by atomic mass is 10.4. The average molecular weight is 323 g/mol. The SMILES string of the molecule is CCN(CC)c1ccc(/C=C(/Sc2nnc(C)o2)C(=O)O)o1. The van der Waals surface area contributed by atoms with Crippen molar-refractivity contribution in [1.29, 1.82) is 0 Å². The van der Waals surface area contributed by atoms with Gasteiger partial charge in [-0.3, -0.25) is 0 Å². The Labute approximate surface area is 132 Å². The van der Waals surface area contributed by atoms with Crippen LogP contribution in [0.5, 0.6) is 0 Å². The molecule has 2 aromatic rings. The predicted octanol–water partition coefficient (Wildman–Crippen LogP) is 3.04. The first-order valence-corrected chi connectivity index (χ1v) is 7.62. The zero-order chi connectivity index (χ0) is 16.1. The monoisotopic (exact) mass is 323 g/mol. The first-order valence-electron chi connectivity index (χ1n) is 6.81. The second kappa shape index (κ2) is 7.17. The van der Waals surface area contributed by atoms with Crippen LogP contribution in [-0.4, -0.2) is 34.4 Å². The lowest BCUT2D eigenvalue weighted by Crippen LogP contribution is -2.20. The van der Waals surface area contributed by atoms with Crippen molar-refractivity contribution in [2.75, 3.05) is 18.0 Å². The fourth-order valence-electron chi connectivity index (χ4n) is 1.80. The van der Waals surface area contributed by atoms with Gasteiger partial charge in [0.1, 0.15) is 10.7 Å². The summed E-state index contributed by atoms with van der Waals surface area (Å²) < 4.78 is 10.8. The molecular weight excluding hydrogens is 306 g/mol. The molecule has 118 valence electrons. The van der Waals surface area contributed by atoms with Crippen LogP contribution in [0.2, 0.25) is 0 Å². The molecule has 2 aromatic heterocycles. The van der Waals surface area contributed by atoms with Crippen molar-refractivity contribution in [2.24, 2.45) is 0 Å². The van der Waals surface area contributed by atoms with E-state index in [1.807, 2.05) is 24.8 Å². The molecule has 8 heteroatoms. The fraction of sp³-hybridized carbons (Fsp3) is 0.357. The second-order valence-electron chi connectivity index (χ2n) is 4.35. The van der Waals surface area contributed by atoms with Gasteiger partial charge in [-0.05, 0) is 31.7 Å². The average Bonchev–Trinajstić information content (AvgIpc) is 3.09. The molecule has 0 radical (unpaired) electrons. The number of carbonyl (C=O) groups is 1. The molecule has 7 nitrogen and oxygen atoms in total. The van der Waals surface area contributed by atoms with E-state index in [1.165, 1.54) is 6.08 Å². The highest BCUT2D eigenvalue weighted by Crippen LogP contribution is 2.29. The van der Waals surface area contributed by atoms with Gasteiger partial charge in [0.15, 0.2) is 5.88 Å². The number of nitrogens with zero attached hydrogens (tertiary/aromatic N) is 3. The lowest BCUT2D eigenvalue weighted by molar-refractivity contribution is -0.131. The summed E-state index contributed by atoms with van der Waals surface area (Å²) in [4.78, 5) is 13.4. The maximum atomic E-state index is 11.3. The minimum Gasteiger partial charge on any atom is -0.477 e. The van der Waals surface area contributed by atoms with Crippen LogP contribution in [0, 0.1) is 6.92 Å². The zero-order valence-electron chi connectivity index (χ0n) is 12.6. The maximum absolute atomic E-state index is 11.3. The molecule has 0 spiro atoms. The molecule has 0 bridgehead atoms. The third-order valence-corrected chi connectivity index (χ3v) is 3.73. The molecule has 0 aliphatic rings. The number of hydrogen-bond acceptors (Lipinski definition) is 7. The van der Waals surface area contributed by atoms with E-state index in [4.69, 9.17) is 8.83 Å². The molecule has 0 atom stereocenters. The van der Waals surface area contributed by atoms with Gasteiger partial charge in [0.25, 0.3) is 5.22 Å². The van der Waals surface area contributed by atoms with Crippen LogP contribution >= 0.6 is 11.8 Å². The Morgan fingerprint density at radius 2 is 2.05 bits per heavy atom. The molecular formula is C14H17N3O4S. The van der Waals surface area contributed by atoms with Gasteiger partial charge in [-0.1, -0.05) is 0 Å². The molecule has 2 rings (SSSR count). The number of aliphatic carboxylic acids is 1. The summed E-state index contributed by atoms with van der Waals surface area (Å²) in [6, 6.07) is 3.55. The summed E-state index contributed by atoms with van der Waals surface area (Å²) in [5, 5.41) is 16.9. The van der Waals surface area contributed by atoms with E-state index >= 15 is 0 Å². The van der Waals surface area contributed by atoms with E-state index < -0.39 is 5.97 Å². The van der Waals surface area contributed by atoms with Gasteiger partial charge in [-0.2, -0.15) is 0 Å². The van der Waals surface area contributed by atoms with Crippen LogP contribution in [0.3, 0.4) is 0 Å². The zero-order valence-corrected chi connectivity index (χ0v) is 13.4. The Balaban J connectivity index is 2.21. The van der Waals surface area contributed by atoms with E-state index in [9.17, 15) is 9.90 Å². The van der Waals surface area contributed by atoms with Crippen LogP contribution in [0.15, 0.2) is 31.1 Å². The molecule has 0 aliphatic carbocycles. The first-order chi connectivity index (χ1) is 10.5. The van der Waals surface area contributed by atoms with Crippen LogP contribution < -0.4 is 4.90 Å². The Morgan fingerprint density at radius 1 is 1.32 bits per heavy atom. The number of thioether (sulfide) groups is 1. The van der Waals surface area contributed by atoms with Crippen molar-refractivity contribution in [3.63, 3.8) is 0 Å². The van der Waals surface area contributed by atoms with Gasteiger partial charge in [0, 0.05) is 32.2 Å². The van der Waals surface area contributed by atoms with Crippen molar-refractivity contribution in [2.45, 2.75) is 26.0 Å². The molecule has 0 fully saturated rings. The normalized spacial score (nSPS) is 11.7. The van der Waals surface area contributed by atoms with Crippen molar-refractivity contribution < 1.29 is 18.7 Å². The van der Waals surface area contributed by atoms with Gasteiger partial charge in [-0.15, -0.1) is 10.2 Å². The molecule has 0 saturated carbocycles. The Hall–Kier alpha value is -2.22. The van der Waals surface area contributed by atoms with Gasteiger partial charge >= 0.3 is 5.97 Å². The fourth-order valence-corrected chi connectivity index (χ4v) is 2.50. The van der Waals surface area contributed by atoms with Crippen LogP contribution in [0.25, 0.3) is 6.08 Å². The number of aryl methyl sites for hydroxylation is 1. The molecule has 0 saturated heterocycles. The molecule has 0 unspecified atom stereocenters. The van der Waals surface area contributed by atoms with E-state index in [1.54, 1.807) is 13.0 Å². The number of carboxylic acid groups (broad SMARTS) is 1. The number of aromatic nitrogens is 2. The molecule has 22 heavy (non-hydrogen) atoms. The smallest absolute Gasteiger partial charge is 0.342 e. The van der Waals surface area contributed by atoms with Crippen molar-refractivity contribution in [3.8, 4) is 0 Å². The summed E-state index contributed by atoms with van der Waals surface area (Å²) in [6.45, 7) is 7.32. The Morgan fingerprint density at radius 3 is 2.59 bits per heavy atom. The van der Waals surface area contributed by atoms with E-state index in [-0.39, 0.29) is 10.1 Å². The third-order valence-electron chi connectivity index (χ3n) is 2.88. The second-order valence-corrected chi connectivity index (χ2v) is 5.34. The largest absolute Gasteiger partial charge is 0.477 e. The standard InChI is InChI=1S/C14H17N3O4S/c1-4-17(5-2)12-7-6-10(21-12)8-11(13(18)19)22-14-16-15-9(3)20-14/h6-8H,4-5H2,1-3H3,(H,18,19)/b11-8+.